The maximum absolute atomic E-state index is 12.8. The summed E-state index contributed by atoms with van der Waals surface area (Å²) in [5.74, 6) is 2.53. The monoisotopic (exact) mass is 490 g/mol. The fraction of sp³-hybridized carbons (Fsp3) is 0.160. The third kappa shape index (κ3) is 6.24. The molecule has 0 aliphatic heterocycles. The molecule has 10 heteroatoms. The van der Waals surface area contributed by atoms with Crippen LogP contribution in [0.2, 0.25) is 0 Å². The molecule has 3 N–H and O–H groups in total. The van der Waals surface area contributed by atoms with Gasteiger partial charge in [-0.3, -0.25) is 4.72 Å². The van der Waals surface area contributed by atoms with Gasteiger partial charge in [0.05, 0.1) is 11.5 Å². The van der Waals surface area contributed by atoms with E-state index in [0.29, 0.717) is 35.5 Å². The second-order valence-corrected chi connectivity index (χ2v) is 9.48. The van der Waals surface area contributed by atoms with Crippen LogP contribution in [0.4, 0.5) is 28.8 Å². The summed E-state index contributed by atoms with van der Waals surface area (Å²) in [5.41, 5.74) is 3.02. The molecule has 9 nitrogen and oxygen atoms in total. The van der Waals surface area contributed by atoms with Crippen molar-refractivity contribution in [3.05, 3.63) is 84.3 Å². The maximum Gasteiger partial charge on any atom is 0.261 e. The van der Waals surface area contributed by atoms with E-state index in [1.165, 1.54) is 12.4 Å². The zero-order valence-corrected chi connectivity index (χ0v) is 20.4. The van der Waals surface area contributed by atoms with Crippen molar-refractivity contribution in [1.82, 2.24) is 15.0 Å². The molecule has 0 saturated heterocycles. The average Bonchev–Trinajstić information content (AvgIpc) is 2.82. The fourth-order valence-electron chi connectivity index (χ4n) is 3.32. The van der Waals surface area contributed by atoms with Gasteiger partial charge < -0.3 is 15.4 Å². The highest BCUT2D eigenvalue weighted by Gasteiger charge is 2.16. The third-order valence-corrected chi connectivity index (χ3v) is 6.38. The average molecular weight is 491 g/mol. The number of sulfonamides is 1. The quantitative estimate of drug-likeness (QED) is 0.294. The molecule has 2 aromatic carbocycles. The Kier molecular flexibility index (Phi) is 7.11. The van der Waals surface area contributed by atoms with Crippen LogP contribution in [0.25, 0.3) is 0 Å². The van der Waals surface area contributed by atoms with Gasteiger partial charge in [0.15, 0.2) is 0 Å². The normalized spacial score (nSPS) is 11.1. The van der Waals surface area contributed by atoms with Crippen LogP contribution in [0.5, 0.6) is 5.75 Å². The second kappa shape index (κ2) is 10.4. The first-order valence-electron chi connectivity index (χ1n) is 11.0. The molecule has 4 aromatic rings. The molecule has 0 atom stereocenters. The van der Waals surface area contributed by atoms with Gasteiger partial charge in [-0.05, 0) is 86.5 Å². The van der Waals surface area contributed by atoms with Crippen molar-refractivity contribution in [2.24, 2.45) is 0 Å². The van der Waals surface area contributed by atoms with Crippen LogP contribution < -0.4 is 20.1 Å². The van der Waals surface area contributed by atoms with E-state index in [9.17, 15) is 8.42 Å². The smallest absolute Gasteiger partial charge is 0.261 e. The van der Waals surface area contributed by atoms with Gasteiger partial charge in [0.2, 0.25) is 0 Å². The number of ether oxygens (including phenoxy) is 1. The number of pyridine rings is 1. The largest absolute Gasteiger partial charge is 0.494 e. The summed E-state index contributed by atoms with van der Waals surface area (Å²) in [6, 6.07) is 17.3. The van der Waals surface area contributed by atoms with Crippen molar-refractivity contribution >= 4 is 38.9 Å². The molecular formula is C25H26N6O3S. The summed E-state index contributed by atoms with van der Waals surface area (Å²) in [6.07, 6.45) is 3.17. The number of benzene rings is 2. The van der Waals surface area contributed by atoms with Gasteiger partial charge in [-0.2, -0.15) is 0 Å². The summed E-state index contributed by atoms with van der Waals surface area (Å²) in [7, 11) is -3.74. The number of rotatable bonds is 9. The highest BCUT2D eigenvalue weighted by molar-refractivity contribution is 7.92. The maximum atomic E-state index is 12.8. The predicted octanol–water partition coefficient (Wildman–Crippen LogP) is 5.18. The Morgan fingerprint density at radius 1 is 0.800 bits per heavy atom. The molecule has 4 rings (SSSR count). The Balaban J connectivity index is 1.42. The molecule has 35 heavy (non-hydrogen) atoms. The Morgan fingerprint density at radius 2 is 1.49 bits per heavy atom. The molecule has 0 bridgehead atoms. The summed E-state index contributed by atoms with van der Waals surface area (Å²) in [5, 5.41) is 6.34. The van der Waals surface area contributed by atoms with Crippen LogP contribution in [-0.4, -0.2) is 30.0 Å². The van der Waals surface area contributed by atoms with Crippen LogP contribution >= 0.6 is 0 Å². The van der Waals surface area contributed by atoms with Gasteiger partial charge in [0.25, 0.3) is 10.0 Å². The van der Waals surface area contributed by atoms with E-state index in [4.69, 9.17) is 4.74 Å². The molecule has 0 aliphatic rings. The molecule has 0 fully saturated rings. The minimum absolute atomic E-state index is 0.171. The number of hydrogen-bond acceptors (Lipinski definition) is 8. The van der Waals surface area contributed by atoms with Crippen LogP contribution in [0, 0.1) is 13.8 Å². The summed E-state index contributed by atoms with van der Waals surface area (Å²) >= 11 is 0. The number of nitrogens with one attached hydrogen (secondary N) is 3. The zero-order valence-electron chi connectivity index (χ0n) is 19.6. The van der Waals surface area contributed by atoms with Crippen LogP contribution in [0.1, 0.15) is 18.1 Å². The lowest BCUT2D eigenvalue weighted by atomic mass is 10.2. The van der Waals surface area contributed by atoms with Gasteiger partial charge in [-0.25, -0.2) is 23.4 Å². The number of anilines is 5. The molecule has 2 aromatic heterocycles. The number of aryl methyl sites for hydroxylation is 2. The third-order valence-electron chi connectivity index (χ3n) is 5.00. The molecule has 0 spiro atoms. The van der Waals surface area contributed by atoms with Crippen molar-refractivity contribution in [2.75, 3.05) is 22.0 Å². The van der Waals surface area contributed by atoms with Gasteiger partial charge in [0.1, 0.15) is 29.5 Å². The molecule has 2 heterocycles. The number of nitrogens with zero attached hydrogens (tertiary/aromatic N) is 3. The topological polar surface area (TPSA) is 118 Å². The van der Waals surface area contributed by atoms with E-state index in [1.54, 1.807) is 48.7 Å². The first-order chi connectivity index (χ1) is 16.8. The van der Waals surface area contributed by atoms with Gasteiger partial charge in [0, 0.05) is 23.6 Å². The van der Waals surface area contributed by atoms with Gasteiger partial charge in [-0.15, -0.1) is 0 Å². The lowest BCUT2D eigenvalue weighted by Gasteiger charge is -2.12. The Morgan fingerprint density at radius 3 is 2.17 bits per heavy atom. The molecule has 0 unspecified atom stereocenters. The van der Waals surface area contributed by atoms with Gasteiger partial charge >= 0.3 is 0 Å². The Hall–Kier alpha value is -4.18. The summed E-state index contributed by atoms with van der Waals surface area (Å²) < 4.78 is 33.7. The lowest BCUT2D eigenvalue weighted by molar-refractivity contribution is 0.337. The van der Waals surface area contributed by atoms with Crippen molar-refractivity contribution in [3.63, 3.8) is 0 Å². The van der Waals surface area contributed by atoms with E-state index in [2.05, 4.69) is 30.3 Å². The van der Waals surface area contributed by atoms with E-state index in [0.717, 1.165) is 16.8 Å². The second-order valence-electron chi connectivity index (χ2n) is 7.80. The van der Waals surface area contributed by atoms with E-state index >= 15 is 0 Å². The molecule has 0 saturated carbocycles. The van der Waals surface area contributed by atoms with Crippen molar-refractivity contribution < 1.29 is 13.2 Å². The van der Waals surface area contributed by atoms with E-state index in [1.807, 2.05) is 32.9 Å². The summed E-state index contributed by atoms with van der Waals surface area (Å²) in [4.78, 5) is 12.9. The predicted molar refractivity (Wildman–Crippen MR) is 137 cm³/mol. The highest BCUT2D eigenvalue weighted by atomic mass is 32.2. The fourth-order valence-corrected chi connectivity index (χ4v) is 4.46. The number of aromatic nitrogens is 3. The molecular weight excluding hydrogens is 464 g/mol. The van der Waals surface area contributed by atoms with Crippen molar-refractivity contribution in [1.29, 1.82) is 0 Å². The molecule has 0 radical (unpaired) electrons. The minimum Gasteiger partial charge on any atom is -0.494 e. The SMILES string of the molecule is CCOc1ccc(S(=O)(=O)Nc2ccc(Nc3cc(Nc4cc(C)ccn4)ncn3)cc2)cc1C. The number of hydrogen-bond donors (Lipinski definition) is 3. The van der Waals surface area contributed by atoms with Crippen LogP contribution in [0.15, 0.2) is 78.1 Å². The van der Waals surface area contributed by atoms with Crippen LogP contribution in [-0.2, 0) is 10.0 Å². The standard InChI is InChI=1S/C25H26N6O3S/c1-4-34-22-10-9-21(14-18(22)3)35(32,33)31-20-7-5-19(6-8-20)29-24-15-25(28-16-27-24)30-23-13-17(2)11-12-26-23/h5-16,31H,4H2,1-3H3,(H2,26,27,28,29,30). The molecule has 0 amide bonds. The zero-order chi connectivity index (χ0) is 24.8. The van der Waals surface area contributed by atoms with E-state index in [-0.39, 0.29) is 4.90 Å². The van der Waals surface area contributed by atoms with E-state index < -0.39 is 10.0 Å². The first-order valence-corrected chi connectivity index (χ1v) is 12.5. The Bertz CT molecular complexity index is 1430. The molecule has 0 aliphatic carbocycles. The summed E-state index contributed by atoms with van der Waals surface area (Å²) in [6.45, 7) is 6.20. The highest BCUT2D eigenvalue weighted by Crippen LogP contribution is 2.25. The van der Waals surface area contributed by atoms with Crippen LogP contribution in [0.3, 0.4) is 0 Å². The minimum atomic E-state index is -3.74. The van der Waals surface area contributed by atoms with Gasteiger partial charge in [-0.1, -0.05) is 0 Å². The van der Waals surface area contributed by atoms with Crippen molar-refractivity contribution in [3.8, 4) is 5.75 Å². The molecule has 180 valence electrons. The first kappa shape index (κ1) is 24.0. The van der Waals surface area contributed by atoms with Crippen molar-refractivity contribution in [2.45, 2.75) is 25.7 Å². The Labute approximate surface area is 204 Å². The lowest BCUT2D eigenvalue weighted by Crippen LogP contribution is -2.13.